The van der Waals surface area contributed by atoms with Gasteiger partial charge in [0.05, 0.1) is 26.9 Å². The summed E-state index contributed by atoms with van der Waals surface area (Å²) in [6, 6.07) is 4.47. The maximum atomic E-state index is 13.6. The standard InChI is InChI=1S/C14H17BrClFN4/c1-3-11-14(15)13(21(2)20-11)7-12(19-18)8-4-5-9(16)10(17)6-8/h4-6,12,19H,3,7,18H2,1-2H3. The summed E-state index contributed by atoms with van der Waals surface area (Å²) in [6.45, 7) is 2.05. The predicted octanol–water partition coefficient (Wildman–Crippen LogP) is 3.28. The van der Waals surface area contributed by atoms with Gasteiger partial charge in [-0.05, 0) is 40.0 Å². The minimum atomic E-state index is -0.451. The molecule has 2 aromatic rings. The molecule has 0 saturated carbocycles. The Morgan fingerprint density at radius 3 is 2.76 bits per heavy atom. The molecule has 0 fully saturated rings. The third-order valence-corrected chi connectivity index (χ3v) is 4.67. The van der Waals surface area contributed by atoms with E-state index in [1.54, 1.807) is 6.07 Å². The van der Waals surface area contributed by atoms with Gasteiger partial charge in [0.1, 0.15) is 5.82 Å². The zero-order valence-corrected chi connectivity index (χ0v) is 14.2. The minimum absolute atomic E-state index is 0.101. The third-order valence-electron chi connectivity index (χ3n) is 3.45. The maximum absolute atomic E-state index is 13.6. The Labute approximate surface area is 136 Å². The van der Waals surface area contributed by atoms with E-state index in [2.05, 4.69) is 26.5 Å². The molecular formula is C14H17BrClFN4. The van der Waals surface area contributed by atoms with E-state index in [9.17, 15) is 4.39 Å². The first-order chi connectivity index (χ1) is 9.97. The molecule has 0 radical (unpaired) electrons. The lowest BCUT2D eigenvalue weighted by Crippen LogP contribution is -2.30. The van der Waals surface area contributed by atoms with Crippen molar-refractivity contribution in [3.8, 4) is 0 Å². The molecule has 0 aliphatic heterocycles. The van der Waals surface area contributed by atoms with Crippen LogP contribution >= 0.6 is 27.5 Å². The van der Waals surface area contributed by atoms with Crippen LogP contribution in [0, 0.1) is 5.82 Å². The van der Waals surface area contributed by atoms with Gasteiger partial charge in [0.15, 0.2) is 0 Å². The van der Waals surface area contributed by atoms with Crippen LogP contribution in [0.5, 0.6) is 0 Å². The number of nitrogens with one attached hydrogen (secondary N) is 1. The van der Waals surface area contributed by atoms with Gasteiger partial charge in [-0.15, -0.1) is 0 Å². The number of nitrogens with zero attached hydrogens (tertiary/aromatic N) is 2. The van der Waals surface area contributed by atoms with Crippen molar-refractivity contribution >= 4 is 27.5 Å². The fourth-order valence-corrected chi connectivity index (χ4v) is 3.13. The Kier molecular flexibility index (Phi) is 5.37. The Morgan fingerprint density at radius 2 is 2.24 bits per heavy atom. The van der Waals surface area contributed by atoms with Crippen LogP contribution in [0.15, 0.2) is 22.7 Å². The molecule has 4 nitrogen and oxygen atoms in total. The average molecular weight is 376 g/mol. The molecule has 1 aromatic heterocycles. The van der Waals surface area contributed by atoms with Gasteiger partial charge in [-0.1, -0.05) is 24.6 Å². The summed E-state index contributed by atoms with van der Waals surface area (Å²) in [5, 5.41) is 4.55. The zero-order valence-electron chi connectivity index (χ0n) is 11.8. The van der Waals surface area contributed by atoms with Crippen molar-refractivity contribution in [2.45, 2.75) is 25.8 Å². The lowest BCUT2D eigenvalue weighted by molar-refractivity contribution is 0.524. The first kappa shape index (κ1) is 16.4. The van der Waals surface area contributed by atoms with Crippen LogP contribution in [0.3, 0.4) is 0 Å². The van der Waals surface area contributed by atoms with Gasteiger partial charge < -0.3 is 0 Å². The summed E-state index contributed by atoms with van der Waals surface area (Å²) in [4.78, 5) is 0. The van der Waals surface area contributed by atoms with Gasteiger partial charge in [0, 0.05) is 13.5 Å². The Balaban J connectivity index is 2.31. The van der Waals surface area contributed by atoms with E-state index in [1.165, 1.54) is 12.1 Å². The largest absolute Gasteiger partial charge is 0.271 e. The van der Waals surface area contributed by atoms with Crippen molar-refractivity contribution in [3.63, 3.8) is 0 Å². The molecule has 21 heavy (non-hydrogen) atoms. The molecule has 0 aliphatic rings. The lowest BCUT2D eigenvalue weighted by atomic mass is 10.0. The van der Waals surface area contributed by atoms with Crippen LogP contribution < -0.4 is 11.3 Å². The topological polar surface area (TPSA) is 55.9 Å². The number of benzene rings is 1. The van der Waals surface area contributed by atoms with Crippen molar-refractivity contribution in [3.05, 3.63) is 50.5 Å². The number of nitrogens with two attached hydrogens (primary N) is 1. The average Bonchev–Trinajstić information content (AvgIpc) is 2.74. The van der Waals surface area contributed by atoms with E-state index in [4.69, 9.17) is 17.4 Å². The molecule has 2 rings (SSSR count). The summed E-state index contributed by atoms with van der Waals surface area (Å²) >= 11 is 9.28. The van der Waals surface area contributed by atoms with Crippen LogP contribution in [0.1, 0.15) is 29.9 Å². The molecule has 0 spiro atoms. The van der Waals surface area contributed by atoms with Crippen LogP contribution in [0.25, 0.3) is 0 Å². The normalized spacial score (nSPS) is 12.7. The minimum Gasteiger partial charge on any atom is -0.271 e. The van der Waals surface area contributed by atoms with Crippen LogP contribution in [0.2, 0.25) is 5.02 Å². The van der Waals surface area contributed by atoms with Crippen LogP contribution in [-0.4, -0.2) is 9.78 Å². The molecule has 7 heteroatoms. The maximum Gasteiger partial charge on any atom is 0.142 e. The van der Waals surface area contributed by atoms with Crippen molar-refractivity contribution in [1.82, 2.24) is 15.2 Å². The summed E-state index contributed by atoms with van der Waals surface area (Å²) < 4.78 is 16.4. The second-order valence-corrected chi connectivity index (χ2v) is 5.98. The van der Waals surface area contributed by atoms with E-state index in [1.807, 2.05) is 18.7 Å². The fourth-order valence-electron chi connectivity index (χ4n) is 2.24. The van der Waals surface area contributed by atoms with Crippen LogP contribution in [-0.2, 0) is 19.9 Å². The van der Waals surface area contributed by atoms with Crippen molar-refractivity contribution < 1.29 is 4.39 Å². The monoisotopic (exact) mass is 374 g/mol. The summed E-state index contributed by atoms with van der Waals surface area (Å²) in [5.74, 6) is 5.18. The highest BCUT2D eigenvalue weighted by Gasteiger charge is 2.19. The molecule has 1 aromatic carbocycles. The molecular weight excluding hydrogens is 359 g/mol. The first-order valence-corrected chi connectivity index (χ1v) is 7.76. The number of rotatable bonds is 5. The molecule has 1 unspecified atom stereocenters. The fraction of sp³-hybridized carbons (Fsp3) is 0.357. The van der Waals surface area contributed by atoms with E-state index < -0.39 is 5.82 Å². The second kappa shape index (κ2) is 6.87. The molecule has 114 valence electrons. The van der Waals surface area contributed by atoms with Crippen molar-refractivity contribution in [2.24, 2.45) is 12.9 Å². The number of hydrogen-bond acceptors (Lipinski definition) is 3. The molecule has 1 atom stereocenters. The number of hydrogen-bond donors (Lipinski definition) is 2. The number of aryl methyl sites for hydroxylation is 2. The van der Waals surface area contributed by atoms with Gasteiger partial charge >= 0.3 is 0 Å². The Bertz CT molecular complexity index is 644. The SMILES string of the molecule is CCc1nn(C)c(CC(NN)c2ccc(Cl)c(F)c2)c1Br. The van der Waals surface area contributed by atoms with E-state index >= 15 is 0 Å². The van der Waals surface area contributed by atoms with E-state index in [0.29, 0.717) is 6.42 Å². The lowest BCUT2D eigenvalue weighted by Gasteiger charge is -2.17. The molecule has 0 aliphatic carbocycles. The predicted molar refractivity (Wildman–Crippen MR) is 85.5 cm³/mol. The van der Waals surface area contributed by atoms with Gasteiger partial charge in [0.25, 0.3) is 0 Å². The highest BCUT2D eigenvalue weighted by atomic mass is 79.9. The van der Waals surface area contributed by atoms with E-state index in [-0.39, 0.29) is 11.1 Å². The van der Waals surface area contributed by atoms with Crippen molar-refractivity contribution in [1.29, 1.82) is 0 Å². The highest BCUT2D eigenvalue weighted by molar-refractivity contribution is 9.10. The van der Waals surface area contributed by atoms with Gasteiger partial charge in [-0.25, -0.2) is 4.39 Å². The third kappa shape index (κ3) is 3.45. The van der Waals surface area contributed by atoms with Gasteiger partial charge in [-0.3, -0.25) is 16.0 Å². The molecule has 0 bridgehead atoms. The number of hydrazine groups is 1. The number of halogens is 3. The van der Waals surface area contributed by atoms with Gasteiger partial charge in [-0.2, -0.15) is 5.10 Å². The summed E-state index contributed by atoms with van der Waals surface area (Å²) in [6.07, 6.45) is 1.42. The second-order valence-electron chi connectivity index (χ2n) is 4.78. The highest BCUT2D eigenvalue weighted by Crippen LogP contribution is 2.27. The van der Waals surface area contributed by atoms with Crippen LogP contribution in [0.4, 0.5) is 4.39 Å². The molecule has 1 heterocycles. The van der Waals surface area contributed by atoms with Gasteiger partial charge in [0.2, 0.25) is 0 Å². The summed E-state index contributed by atoms with van der Waals surface area (Å²) in [7, 11) is 1.88. The molecule has 3 N–H and O–H groups in total. The Morgan fingerprint density at radius 1 is 1.52 bits per heavy atom. The van der Waals surface area contributed by atoms with Crippen molar-refractivity contribution in [2.75, 3.05) is 0 Å². The quantitative estimate of drug-likeness (QED) is 0.623. The zero-order chi connectivity index (χ0) is 15.6. The molecule has 0 saturated heterocycles. The first-order valence-electron chi connectivity index (χ1n) is 6.59. The Hall–Kier alpha value is -0.950. The van der Waals surface area contributed by atoms with E-state index in [0.717, 1.165) is 27.8 Å². The smallest absolute Gasteiger partial charge is 0.142 e. The summed E-state index contributed by atoms with van der Waals surface area (Å²) in [5.41, 5.74) is 5.46. The number of aromatic nitrogens is 2. The molecule has 0 amide bonds.